The average molecular weight is 697 g/mol. The van der Waals surface area contributed by atoms with Crippen LogP contribution < -0.4 is 0 Å². The SMILES string of the molecule is O=C(OCOC(=O)C1CC1[C@H]1CCCN1C(=O)CCCCC(=O)N1CCC[C@@H]1C(=O)OCOC(=O)OC1CCOCC1)OC1CCOCC1. The smallest absolute Gasteiger partial charge is 0.431 e. The lowest BCUT2D eigenvalue weighted by Crippen LogP contribution is -2.41. The van der Waals surface area contributed by atoms with Crippen molar-refractivity contribution in [2.24, 2.45) is 11.8 Å². The van der Waals surface area contributed by atoms with Gasteiger partial charge in [-0.1, -0.05) is 0 Å². The van der Waals surface area contributed by atoms with Gasteiger partial charge < -0.3 is 47.7 Å². The molecule has 4 saturated heterocycles. The Morgan fingerprint density at radius 1 is 0.592 bits per heavy atom. The molecular weight excluding hydrogens is 648 g/mol. The molecule has 274 valence electrons. The van der Waals surface area contributed by atoms with Gasteiger partial charge in [0, 0.05) is 57.7 Å². The normalized spacial score (nSPS) is 25.7. The maximum Gasteiger partial charge on any atom is 0.511 e. The molecular formula is C33H48N2O14. The fraction of sp³-hybridized carbons (Fsp3) is 0.818. The summed E-state index contributed by atoms with van der Waals surface area (Å²) in [5, 5.41) is 0. The second-order valence-corrected chi connectivity index (χ2v) is 13.1. The number of hydrogen-bond acceptors (Lipinski definition) is 14. The lowest BCUT2D eigenvalue weighted by molar-refractivity contribution is -0.162. The number of likely N-dealkylation sites (tertiary alicyclic amines) is 2. The van der Waals surface area contributed by atoms with Gasteiger partial charge in [-0.05, 0) is 50.9 Å². The van der Waals surface area contributed by atoms with Crippen molar-refractivity contribution in [2.45, 2.75) is 108 Å². The molecule has 2 amide bonds. The minimum Gasteiger partial charge on any atom is -0.431 e. The van der Waals surface area contributed by atoms with Crippen molar-refractivity contribution < 1.29 is 66.7 Å². The highest BCUT2D eigenvalue weighted by molar-refractivity contribution is 5.85. The summed E-state index contributed by atoms with van der Waals surface area (Å²) in [6.45, 7) is 1.99. The monoisotopic (exact) mass is 696 g/mol. The Kier molecular flexibility index (Phi) is 13.7. The first-order chi connectivity index (χ1) is 23.8. The molecule has 5 rings (SSSR count). The molecule has 0 aromatic carbocycles. The molecule has 0 radical (unpaired) electrons. The standard InChI is InChI=1S/C33H48N2O14/c36-28(34-13-3-5-26(34)24-19-25(24)30(38)44-20-46-32(40)48-22-9-15-42-16-10-22)7-1-2-8-29(37)35-14-4-6-27(35)31(39)45-21-47-33(41)49-23-11-17-43-18-12-23/h22-27H,1-21H2/t24?,25?,26-,27-/m1/s1. The minimum absolute atomic E-state index is 0.00427. The van der Waals surface area contributed by atoms with Crippen molar-refractivity contribution in [1.29, 1.82) is 0 Å². The summed E-state index contributed by atoms with van der Waals surface area (Å²) >= 11 is 0. The molecule has 2 unspecified atom stereocenters. The van der Waals surface area contributed by atoms with Gasteiger partial charge in [0.05, 0.1) is 32.3 Å². The van der Waals surface area contributed by atoms with Crippen molar-refractivity contribution in [3.05, 3.63) is 0 Å². The van der Waals surface area contributed by atoms with Crippen LogP contribution >= 0.6 is 0 Å². The zero-order valence-electron chi connectivity index (χ0n) is 27.9. The molecule has 16 heteroatoms. The van der Waals surface area contributed by atoms with Gasteiger partial charge in [-0.2, -0.15) is 0 Å². The van der Waals surface area contributed by atoms with Crippen molar-refractivity contribution in [3.8, 4) is 0 Å². The van der Waals surface area contributed by atoms with Crippen LogP contribution in [-0.2, 0) is 57.1 Å². The van der Waals surface area contributed by atoms with E-state index in [1.165, 1.54) is 4.90 Å². The first-order valence-corrected chi connectivity index (χ1v) is 17.5. The van der Waals surface area contributed by atoms with Crippen LogP contribution in [0.15, 0.2) is 0 Å². The number of rotatable bonds is 14. The summed E-state index contributed by atoms with van der Waals surface area (Å²) in [5.74, 6) is -1.63. The van der Waals surface area contributed by atoms with Crippen molar-refractivity contribution in [3.63, 3.8) is 0 Å². The molecule has 0 aromatic heterocycles. The zero-order valence-corrected chi connectivity index (χ0v) is 27.9. The average Bonchev–Trinajstić information content (AvgIpc) is 3.47. The van der Waals surface area contributed by atoms with Crippen LogP contribution in [-0.4, -0.2) is 123 Å². The Balaban J connectivity index is 0.937. The highest BCUT2D eigenvalue weighted by Crippen LogP contribution is 2.47. The zero-order chi connectivity index (χ0) is 34.6. The molecule has 0 aromatic rings. The van der Waals surface area contributed by atoms with Crippen LogP contribution in [0.3, 0.4) is 0 Å². The highest BCUT2D eigenvalue weighted by atomic mass is 16.8. The third-order valence-electron chi connectivity index (χ3n) is 9.75. The Morgan fingerprint density at radius 3 is 1.69 bits per heavy atom. The molecule has 0 spiro atoms. The van der Waals surface area contributed by atoms with Crippen LogP contribution in [0.4, 0.5) is 9.59 Å². The molecule has 16 nitrogen and oxygen atoms in total. The van der Waals surface area contributed by atoms with E-state index in [0.29, 0.717) is 97.3 Å². The van der Waals surface area contributed by atoms with E-state index in [-0.39, 0.29) is 54.7 Å². The largest absolute Gasteiger partial charge is 0.511 e. The highest BCUT2D eigenvalue weighted by Gasteiger charge is 2.52. The number of carbonyl (C=O) groups is 6. The van der Waals surface area contributed by atoms with Gasteiger partial charge in [0.2, 0.25) is 25.4 Å². The van der Waals surface area contributed by atoms with E-state index in [9.17, 15) is 28.8 Å². The van der Waals surface area contributed by atoms with Gasteiger partial charge in [-0.25, -0.2) is 14.4 Å². The quantitative estimate of drug-likeness (QED) is 0.112. The summed E-state index contributed by atoms with van der Waals surface area (Å²) in [6, 6.07) is -0.791. The minimum atomic E-state index is -0.916. The van der Waals surface area contributed by atoms with Crippen LogP contribution in [0.2, 0.25) is 0 Å². The van der Waals surface area contributed by atoms with Crippen LogP contribution in [0.5, 0.6) is 0 Å². The number of carbonyl (C=O) groups excluding carboxylic acids is 6. The predicted molar refractivity (Wildman–Crippen MR) is 164 cm³/mol. The van der Waals surface area contributed by atoms with E-state index in [0.717, 1.165) is 12.8 Å². The second kappa shape index (κ2) is 18.4. The first kappa shape index (κ1) is 36.6. The maximum atomic E-state index is 13.1. The third-order valence-corrected chi connectivity index (χ3v) is 9.75. The van der Waals surface area contributed by atoms with Gasteiger partial charge in [0.25, 0.3) is 0 Å². The fourth-order valence-corrected chi connectivity index (χ4v) is 7.01. The topological polar surface area (TPSA) is 183 Å². The summed E-state index contributed by atoms with van der Waals surface area (Å²) < 4.78 is 40.8. The van der Waals surface area contributed by atoms with Gasteiger partial charge in [0.15, 0.2) is 0 Å². The molecule has 4 aliphatic heterocycles. The number of esters is 2. The van der Waals surface area contributed by atoms with E-state index in [2.05, 4.69) is 0 Å². The number of unbranched alkanes of at least 4 members (excludes halogenated alkanes) is 1. The molecule has 49 heavy (non-hydrogen) atoms. The summed E-state index contributed by atoms with van der Waals surface area (Å²) in [6.07, 6.45) is 4.85. The molecule has 0 N–H and O–H groups in total. The van der Waals surface area contributed by atoms with Gasteiger partial charge in [0.1, 0.15) is 18.2 Å². The molecule has 1 aliphatic carbocycles. The summed E-state index contributed by atoms with van der Waals surface area (Å²) in [7, 11) is 0. The van der Waals surface area contributed by atoms with E-state index < -0.39 is 43.9 Å². The van der Waals surface area contributed by atoms with Gasteiger partial charge in [-0.3, -0.25) is 14.4 Å². The third kappa shape index (κ3) is 10.9. The summed E-state index contributed by atoms with van der Waals surface area (Å²) in [4.78, 5) is 78.3. The van der Waals surface area contributed by atoms with E-state index in [4.69, 9.17) is 37.9 Å². The number of hydrogen-bond donors (Lipinski definition) is 0. The molecule has 4 atom stereocenters. The van der Waals surface area contributed by atoms with E-state index >= 15 is 0 Å². The Labute approximate surface area is 285 Å². The Hall–Kier alpha value is -3.66. The van der Waals surface area contributed by atoms with Crippen LogP contribution in [0, 0.1) is 11.8 Å². The van der Waals surface area contributed by atoms with Crippen molar-refractivity contribution in [1.82, 2.24) is 9.80 Å². The maximum absolute atomic E-state index is 13.1. The predicted octanol–water partition coefficient (Wildman–Crippen LogP) is 2.83. The fourth-order valence-electron chi connectivity index (χ4n) is 7.01. The van der Waals surface area contributed by atoms with E-state index in [1.807, 2.05) is 4.90 Å². The van der Waals surface area contributed by atoms with Gasteiger partial charge >= 0.3 is 24.2 Å². The Morgan fingerprint density at radius 2 is 1.10 bits per heavy atom. The molecule has 5 aliphatic rings. The summed E-state index contributed by atoms with van der Waals surface area (Å²) in [5.41, 5.74) is 0. The molecule has 5 fully saturated rings. The molecule has 0 bridgehead atoms. The molecule has 4 heterocycles. The number of nitrogens with zero attached hydrogens (tertiary/aromatic N) is 2. The molecule has 1 saturated carbocycles. The first-order valence-electron chi connectivity index (χ1n) is 17.5. The number of ether oxygens (including phenoxy) is 8. The second-order valence-electron chi connectivity index (χ2n) is 13.1. The lowest BCUT2D eigenvalue weighted by Gasteiger charge is -2.25. The van der Waals surface area contributed by atoms with Crippen LogP contribution in [0.1, 0.15) is 83.5 Å². The van der Waals surface area contributed by atoms with E-state index in [1.54, 1.807) is 0 Å². The Bertz CT molecular complexity index is 1170. The number of amides is 2. The van der Waals surface area contributed by atoms with Gasteiger partial charge in [-0.15, -0.1) is 0 Å². The lowest BCUT2D eigenvalue weighted by atomic mass is 10.1. The van der Waals surface area contributed by atoms with Crippen molar-refractivity contribution >= 4 is 36.1 Å². The van der Waals surface area contributed by atoms with Crippen LogP contribution in [0.25, 0.3) is 0 Å². The van der Waals surface area contributed by atoms with Crippen molar-refractivity contribution in [2.75, 3.05) is 53.1 Å².